The topological polar surface area (TPSA) is 55.4 Å². The van der Waals surface area contributed by atoms with Crippen molar-refractivity contribution in [1.29, 1.82) is 0 Å². The first-order valence-corrected chi connectivity index (χ1v) is 8.20. The molecule has 0 aliphatic rings. The number of methoxy groups -OCH3 is 1. The second-order valence-electron chi connectivity index (χ2n) is 4.70. The van der Waals surface area contributed by atoms with Gasteiger partial charge in [-0.1, -0.05) is 27.2 Å². The molecule has 0 aromatic heterocycles. The molecule has 4 nitrogen and oxygen atoms in total. The number of nitrogens with one attached hydrogen (secondary N) is 1. The van der Waals surface area contributed by atoms with Crippen LogP contribution >= 0.6 is 0 Å². The summed E-state index contributed by atoms with van der Waals surface area (Å²) >= 11 is 0. The lowest BCUT2D eigenvalue weighted by Crippen LogP contribution is -2.40. The van der Waals surface area contributed by atoms with Crippen LogP contribution in [0.4, 0.5) is 0 Å². The summed E-state index contributed by atoms with van der Waals surface area (Å²) in [5.41, 5.74) is 0. The monoisotopic (exact) mass is 265 g/mol. The van der Waals surface area contributed by atoms with Crippen LogP contribution in [0.3, 0.4) is 0 Å². The van der Waals surface area contributed by atoms with Crippen LogP contribution in [-0.2, 0) is 14.6 Å². The standard InChI is InChI=1S/C12H27NO3S/c1-5-7-13-12(8-16-4)10-17(14,15)9-11(3)6-2/h11-13H,5-10H2,1-4H3. The lowest BCUT2D eigenvalue weighted by Gasteiger charge is -2.18. The fourth-order valence-corrected chi connectivity index (χ4v) is 3.71. The van der Waals surface area contributed by atoms with E-state index in [0.29, 0.717) is 6.61 Å². The third kappa shape index (κ3) is 8.57. The number of rotatable bonds is 10. The average molecular weight is 265 g/mol. The molecule has 0 aliphatic carbocycles. The molecule has 2 unspecified atom stereocenters. The SMILES string of the molecule is CCCNC(COC)CS(=O)(=O)CC(C)CC. The van der Waals surface area contributed by atoms with E-state index in [2.05, 4.69) is 12.2 Å². The minimum atomic E-state index is -2.99. The summed E-state index contributed by atoms with van der Waals surface area (Å²) < 4.78 is 29.0. The highest BCUT2D eigenvalue weighted by Crippen LogP contribution is 2.07. The van der Waals surface area contributed by atoms with Gasteiger partial charge >= 0.3 is 0 Å². The quantitative estimate of drug-likeness (QED) is 0.650. The van der Waals surface area contributed by atoms with Crippen LogP contribution < -0.4 is 5.32 Å². The first-order chi connectivity index (χ1) is 7.95. The van der Waals surface area contributed by atoms with Crippen LogP contribution in [0, 0.1) is 5.92 Å². The average Bonchev–Trinajstić information content (AvgIpc) is 2.25. The molecule has 0 heterocycles. The molecule has 0 aliphatic heterocycles. The zero-order valence-electron chi connectivity index (χ0n) is 11.5. The van der Waals surface area contributed by atoms with Crippen molar-refractivity contribution in [2.24, 2.45) is 5.92 Å². The smallest absolute Gasteiger partial charge is 0.152 e. The van der Waals surface area contributed by atoms with E-state index in [1.807, 2.05) is 13.8 Å². The van der Waals surface area contributed by atoms with Gasteiger partial charge in [0.25, 0.3) is 0 Å². The molecular weight excluding hydrogens is 238 g/mol. The van der Waals surface area contributed by atoms with E-state index in [9.17, 15) is 8.42 Å². The molecule has 17 heavy (non-hydrogen) atoms. The Morgan fingerprint density at radius 3 is 2.35 bits per heavy atom. The summed E-state index contributed by atoms with van der Waals surface area (Å²) in [6.07, 6.45) is 1.89. The van der Waals surface area contributed by atoms with Gasteiger partial charge in [-0.15, -0.1) is 0 Å². The Bertz CT molecular complexity index is 277. The molecule has 2 atom stereocenters. The molecule has 0 spiro atoms. The van der Waals surface area contributed by atoms with Crippen molar-refractivity contribution in [3.05, 3.63) is 0 Å². The molecule has 5 heteroatoms. The maximum Gasteiger partial charge on any atom is 0.152 e. The molecule has 0 saturated carbocycles. The summed E-state index contributed by atoms with van der Waals surface area (Å²) in [7, 11) is -1.39. The first kappa shape index (κ1) is 16.9. The zero-order chi connectivity index (χ0) is 13.3. The third-order valence-corrected chi connectivity index (χ3v) is 4.73. The molecule has 0 fully saturated rings. The summed E-state index contributed by atoms with van der Waals surface area (Å²) in [5.74, 6) is 0.678. The highest BCUT2D eigenvalue weighted by Gasteiger charge is 2.20. The zero-order valence-corrected chi connectivity index (χ0v) is 12.3. The van der Waals surface area contributed by atoms with Crippen LogP contribution in [0.15, 0.2) is 0 Å². The van der Waals surface area contributed by atoms with E-state index >= 15 is 0 Å². The Hall–Kier alpha value is -0.130. The molecule has 0 aromatic rings. The Labute approximate surface area is 106 Å². The number of ether oxygens (including phenoxy) is 1. The molecule has 0 saturated heterocycles. The van der Waals surface area contributed by atoms with Crippen LogP contribution in [0.2, 0.25) is 0 Å². The van der Waals surface area contributed by atoms with Gasteiger partial charge in [0.1, 0.15) is 0 Å². The maximum absolute atomic E-state index is 12.0. The Kier molecular flexibility index (Phi) is 8.82. The molecule has 0 aromatic carbocycles. The maximum atomic E-state index is 12.0. The van der Waals surface area contributed by atoms with Gasteiger partial charge in [0, 0.05) is 13.2 Å². The molecule has 0 rings (SSSR count). The van der Waals surface area contributed by atoms with E-state index in [4.69, 9.17) is 4.74 Å². The van der Waals surface area contributed by atoms with Gasteiger partial charge in [0.15, 0.2) is 9.84 Å². The van der Waals surface area contributed by atoms with Gasteiger partial charge in [-0.2, -0.15) is 0 Å². The van der Waals surface area contributed by atoms with Crippen molar-refractivity contribution in [2.75, 3.05) is 31.8 Å². The fraction of sp³-hybridized carbons (Fsp3) is 1.00. The van der Waals surface area contributed by atoms with Gasteiger partial charge in [-0.25, -0.2) is 8.42 Å². The molecule has 1 N–H and O–H groups in total. The fourth-order valence-electron chi connectivity index (χ4n) is 1.64. The first-order valence-electron chi connectivity index (χ1n) is 6.37. The lowest BCUT2D eigenvalue weighted by atomic mass is 10.2. The van der Waals surface area contributed by atoms with Gasteiger partial charge < -0.3 is 10.1 Å². The van der Waals surface area contributed by atoms with Crippen molar-refractivity contribution in [3.8, 4) is 0 Å². The van der Waals surface area contributed by atoms with Crippen molar-refractivity contribution in [1.82, 2.24) is 5.32 Å². The Morgan fingerprint density at radius 1 is 1.24 bits per heavy atom. The predicted molar refractivity (Wildman–Crippen MR) is 72.1 cm³/mol. The minimum absolute atomic E-state index is 0.0889. The highest BCUT2D eigenvalue weighted by molar-refractivity contribution is 7.91. The highest BCUT2D eigenvalue weighted by atomic mass is 32.2. The van der Waals surface area contributed by atoms with Crippen molar-refractivity contribution in [2.45, 2.75) is 39.7 Å². The number of sulfone groups is 1. The van der Waals surface area contributed by atoms with Crippen LogP contribution in [0.1, 0.15) is 33.6 Å². The Balaban J connectivity index is 4.30. The normalized spacial score (nSPS) is 15.8. The van der Waals surface area contributed by atoms with Crippen LogP contribution in [0.25, 0.3) is 0 Å². The van der Waals surface area contributed by atoms with Crippen molar-refractivity contribution in [3.63, 3.8) is 0 Å². The predicted octanol–water partition coefficient (Wildman–Crippen LogP) is 1.46. The summed E-state index contributed by atoms with van der Waals surface area (Å²) in [4.78, 5) is 0. The summed E-state index contributed by atoms with van der Waals surface area (Å²) in [6, 6.07) is -0.0889. The largest absolute Gasteiger partial charge is 0.383 e. The second-order valence-corrected chi connectivity index (χ2v) is 6.85. The van der Waals surface area contributed by atoms with Crippen LogP contribution in [-0.4, -0.2) is 46.2 Å². The van der Waals surface area contributed by atoms with Gasteiger partial charge in [-0.3, -0.25) is 0 Å². The third-order valence-electron chi connectivity index (χ3n) is 2.74. The molecule has 0 amide bonds. The lowest BCUT2D eigenvalue weighted by molar-refractivity contribution is 0.173. The second kappa shape index (κ2) is 8.89. The van der Waals surface area contributed by atoms with E-state index in [1.165, 1.54) is 0 Å². The summed E-state index contributed by atoms with van der Waals surface area (Å²) in [5, 5.41) is 3.21. The minimum Gasteiger partial charge on any atom is -0.383 e. The van der Waals surface area contributed by atoms with E-state index < -0.39 is 9.84 Å². The van der Waals surface area contributed by atoms with Gasteiger partial charge in [-0.05, 0) is 18.9 Å². The molecule has 0 bridgehead atoms. The van der Waals surface area contributed by atoms with Gasteiger partial charge in [0.2, 0.25) is 0 Å². The number of hydrogen-bond acceptors (Lipinski definition) is 4. The molecule has 104 valence electrons. The molecule has 0 radical (unpaired) electrons. The summed E-state index contributed by atoms with van der Waals surface area (Å²) in [6.45, 7) is 7.32. The Morgan fingerprint density at radius 2 is 1.88 bits per heavy atom. The van der Waals surface area contributed by atoms with Gasteiger partial charge in [0.05, 0.1) is 18.1 Å². The van der Waals surface area contributed by atoms with Crippen molar-refractivity contribution < 1.29 is 13.2 Å². The van der Waals surface area contributed by atoms with Crippen molar-refractivity contribution >= 4 is 9.84 Å². The van der Waals surface area contributed by atoms with E-state index in [-0.39, 0.29) is 23.5 Å². The number of hydrogen-bond donors (Lipinski definition) is 1. The molecular formula is C12H27NO3S. The van der Waals surface area contributed by atoms with Crippen LogP contribution in [0.5, 0.6) is 0 Å². The van der Waals surface area contributed by atoms with E-state index in [0.717, 1.165) is 19.4 Å². The van der Waals surface area contributed by atoms with E-state index in [1.54, 1.807) is 7.11 Å².